The van der Waals surface area contributed by atoms with E-state index in [1.54, 1.807) is 93.6 Å². The lowest BCUT2D eigenvalue weighted by atomic mass is 9.59. The fourth-order valence-corrected chi connectivity index (χ4v) is 9.52. The molecule has 4 aliphatic rings. The maximum atomic E-state index is 15.3. The number of hydrogen-bond donors (Lipinski definition) is 2. The van der Waals surface area contributed by atoms with Crippen molar-refractivity contribution in [1.29, 1.82) is 0 Å². The molecule has 9 heteroatoms. The average molecular weight is 691 g/mol. The van der Waals surface area contributed by atoms with Crippen LogP contribution in [0.25, 0.3) is 0 Å². The minimum Gasteiger partial charge on any atom is -0.461 e. The summed E-state index contributed by atoms with van der Waals surface area (Å²) in [5.74, 6) is -4.47. The number of esters is 3. The Morgan fingerprint density at radius 1 is 0.843 bits per heavy atom. The van der Waals surface area contributed by atoms with Gasteiger partial charge in [0.15, 0.2) is 17.5 Å². The highest BCUT2D eigenvalue weighted by Gasteiger charge is 2.85. The van der Waals surface area contributed by atoms with Crippen LogP contribution in [-0.2, 0) is 30.2 Å². The molecule has 7 rings (SSSR count). The Morgan fingerprint density at radius 2 is 1.41 bits per heavy atom. The van der Waals surface area contributed by atoms with Crippen molar-refractivity contribution in [2.24, 2.45) is 28.6 Å². The molecule has 51 heavy (non-hydrogen) atoms. The zero-order chi connectivity index (χ0) is 36.3. The second-order valence-corrected chi connectivity index (χ2v) is 14.9. The van der Waals surface area contributed by atoms with Crippen LogP contribution in [0.1, 0.15) is 60.4 Å². The number of carbonyl (C=O) groups excluding carboxylic acids is 4. The lowest BCUT2D eigenvalue weighted by Crippen LogP contribution is -2.65. The van der Waals surface area contributed by atoms with Gasteiger partial charge >= 0.3 is 17.9 Å². The number of benzene rings is 3. The van der Waals surface area contributed by atoms with Gasteiger partial charge in [-0.05, 0) is 67.2 Å². The molecule has 264 valence electrons. The van der Waals surface area contributed by atoms with E-state index in [0.29, 0.717) is 16.7 Å². The van der Waals surface area contributed by atoms with Gasteiger partial charge in [0.1, 0.15) is 18.3 Å². The highest BCUT2D eigenvalue weighted by atomic mass is 16.6. The van der Waals surface area contributed by atoms with E-state index >= 15 is 4.79 Å². The number of allylic oxidation sites excluding steroid dienone is 1. The van der Waals surface area contributed by atoms with Gasteiger partial charge in [-0.2, -0.15) is 0 Å². The molecule has 0 aromatic heterocycles. The minimum atomic E-state index is -2.27. The fraction of sp³-hybridized carbons (Fsp3) is 0.381. The Kier molecular flexibility index (Phi) is 8.42. The summed E-state index contributed by atoms with van der Waals surface area (Å²) < 4.78 is 18.4. The van der Waals surface area contributed by atoms with Gasteiger partial charge in [0.25, 0.3) is 0 Å². The zero-order valence-corrected chi connectivity index (χ0v) is 29.1. The lowest BCUT2D eigenvalue weighted by molar-refractivity contribution is -0.191. The van der Waals surface area contributed by atoms with Crippen LogP contribution in [-0.4, -0.2) is 63.9 Å². The number of ketones is 1. The molecule has 3 aromatic rings. The molecule has 0 heterocycles. The van der Waals surface area contributed by atoms with E-state index in [2.05, 4.69) is 0 Å². The van der Waals surface area contributed by atoms with Gasteiger partial charge in [0.2, 0.25) is 0 Å². The van der Waals surface area contributed by atoms with E-state index in [0.717, 1.165) is 5.56 Å². The van der Waals surface area contributed by atoms with Crippen LogP contribution >= 0.6 is 0 Å². The van der Waals surface area contributed by atoms with Crippen molar-refractivity contribution in [3.63, 3.8) is 0 Å². The van der Waals surface area contributed by atoms with Crippen molar-refractivity contribution >= 4 is 23.7 Å². The van der Waals surface area contributed by atoms with Crippen molar-refractivity contribution in [3.05, 3.63) is 131 Å². The standard InChI is InChI=1S/C42H42O9/c1-25-20-31-33-39(4,24-49-37(46)29-16-10-6-11-17-29)41(33,51-32(43)21-28-14-8-5-9-15-28)23-27(3)40(35(31)45)22-26(2)36(42(40,48)34(25)44)50-38(47)30-18-12-7-13-19-30/h5-20,22,27,31,33-34,36,44,48H,21,23-24H2,1-4H3/t27-,31+,33-,34-,36+,39-,40+,41+,42+/m1/s1. The molecule has 0 aliphatic heterocycles. The molecule has 2 bridgehead atoms. The predicted molar refractivity (Wildman–Crippen MR) is 186 cm³/mol. The molecule has 2 saturated carbocycles. The summed E-state index contributed by atoms with van der Waals surface area (Å²) in [5.41, 5.74) is -4.14. The zero-order valence-electron chi connectivity index (χ0n) is 29.1. The minimum absolute atomic E-state index is 0.0125. The molecule has 0 radical (unpaired) electrons. The third-order valence-electron chi connectivity index (χ3n) is 12.0. The first-order chi connectivity index (χ1) is 24.3. The molecular formula is C42H42O9. The van der Waals surface area contributed by atoms with Gasteiger partial charge in [-0.3, -0.25) is 9.59 Å². The molecule has 4 aliphatic carbocycles. The first-order valence-electron chi connectivity index (χ1n) is 17.4. The second-order valence-electron chi connectivity index (χ2n) is 14.9. The molecule has 3 aromatic carbocycles. The van der Waals surface area contributed by atoms with Crippen LogP contribution in [0, 0.1) is 28.6 Å². The highest BCUT2D eigenvalue weighted by molar-refractivity contribution is 5.96. The SMILES string of the molecule is CC1=C[C@@H]2C(=O)[C@]3(C=C(C)[C@H](OC(=O)c4ccccc4)[C@@]3(O)[C@@H]1O)[C@H](C)C[C@]1(OC(=O)Cc3ccccc3)[C@H]2[C@@]1(C)COC(=O)c1ccccc1. The summed E-state index contributed by atoms with van der Waals surface area (Å²) in [6, 6.07) is 26.1. The number of Topliss-reactive ketones (excluding diaryl/α,β-unsaturated/α-hetero) is 1. The average Bonchev–Trinajstić information content (AvgIpc) is 3.57. The van der Waals surface area contributed by atoms with Crippen molar-refractivity contribution in [2.75, 3.05) is 6.61 Å². The first-order valence-corrected chi connectivity index (χ1v) is 17.4. The van der Waals surface area contributed by atoms with Gasteiger partial charge in [0.05, 0.1) is 23.0 Å². The first kappa shape index (κ1) is 34.6. The number of carbonyl (C=O) groups is 4. The monoisotopic (exact) mass is 690 g/mol. The molecule has 0 amide bonds. The lowest BCUT2D eigenvalue weighted by Gasteiger charge is -2.49. The molecular weight excluding hydrogens is 648 g/mol. The van der Waals surface area contributed by atoms with Gasteiger partial charge in [0, 0.05) is 17.3 Å². The van der Waals surface area contributed by atoms with E-state index in [4.69, 9.17) is 14.2 Å². The number of fused-ring (bicyclic) bond motifs is 3. The summed E-state index contributed by atoms with van der Waals surface area (Å²) in [6.45, 7) is 6.83. The molecule has 2 N–H and O–H groups in total. The largest absolute Gasteiger partial charge is 0.461 e. The highest BCUT2D eigenvalue weighted by Crippen LogP contribution is 2.75. The Hall–Kier alpha value is -4.86. The number of aliphatic hydroxyl groups excluding tert-OH is 1. The Balaban J connectivity index is 1.30. The van der Waals surface area contributed by atoms with Crippen molar-refractivity contribution in [1.82, 2.24) is 0 Å². The van der Waals surface area contributed by atoms with Crippen LogP contribution in [0.5, 0.6) is 0 Å². The summed E-state index contributed by atoms with van der Waals surface area (Å²) in [5, 5.41) is 24.9. The van der Waals surface area contributed by atoms with E-state index in [9.17, 15) is 24.6 Å². The number of ether oxygens (including phenoxy) is 3. The van der Waals surface area contributed by atoms with Gasteiger partial charge in [-0.25, -0.2) is 9.59 Å². The molecule has 2 fully saturated rings. The maximum absolute atomic E-state index is 15.3. The van der Waals surface area contributed by atoms with Gasteiger partial charge in [-0.15, -0.1) is 0 Å². The van der Waals surface area contributed by atoms with Crippen LogP contribution in [0.4, 0.5) is 0 Å². The maximum Gasteiger partial charge on any atom is 0.338 e. The number of hydrogen-bond acceptors (Lipinski definition) is 9. The number of rotatable bonds is 8. The fourth-order valence-electron chi connectivity index (χ4n) is 9.52. The van der Waals surface area contributed by atoms with Gasteiger partial charge < -0.3 is 24.4 Å². The smallest absolute Gasteiger partial charge is 0.338 e. The second kappa shape index (κ2) is 12.4. The predicted octanol–water partition coefficient (Wildman–Crippen LogP) is 5.45. The van der Waals surface area contributed by atoms with Gasteiger partial charge in [-0.1, -0.05) is 92.7 Å². The molecule has 0 saturated heterocycles. The summed E-state index contributed by atoms with van der Waals surface area (Å²) >= 11 is 0. The Labute approximate surface area is 296 Å². The van der Waals surface area contributed by atoms with E-state index < -0.39 is 69.9 Å². The molecule has 9 atom stereocenters. The topological polar surface area (TPSA) is 136 Å². The Bertz CT molecular complexity index is 1940. The van der Waals surface area contributed by atoms with Crippen molar-refractivity contribution in [3.8, 4) is 0 Å². The van der Waals surface area contributed by atoms with Crippen LogP contribution in [0.2, 0.25) is 0 Å². The third kappa shape index (κ3) is 5.12. The van der Waals surface area contributed by atoms with E-state index in [1.165, 1.54) is 0 Å². The quantitative estimate of drug-likeness (QED) is 0.180. The van der Waals surface area contributed by atoms with Crippen LogP contribution in [0.3, 0.4) is 0 Å². The van der Waals surface area contributed by atoms with Crippen LogP contribution < -0.4 is 0 Å². The van der Waals surface area contributed by atoms with E-state index in [-0.39, 0.29) is 30.8 Å². The normalized spacial score (nSPS) is 34.8. The third-order valence-corrected chi connectivity index (χ3v) is 12.0. The molecule has 9 nitrogen and oxygen atoms in total. The summed E-state index contributed by atoms with van der Waals surface area (Å²) in [7, 11) is 0. The summed E-state index contributed by atoms with van der Waals surface area (Å²) in [4.78, 5) is 55.6. The Morgan fingerprint density at radius 3 is 2.02 bits per heavy atom. The number of aliphatic hydroxyl groups is 2. The van der Waals surface area contributed by atoms with E-state index in [1.807, 2.05) is 37.3 Å². The van der Waals surface area contributed by atoms with Crippen LogP contribution in [0.15, 0.2) is 114 Å². The molecule has 1 spiro atoms. The molecule has 0 unspecified atom stereocenters. The van der Waals surface area contributed by atoms with Crippen molar-refractivity contribution < 1.29 is 43.6 Å². The van der Waals surface area contributed by atoms with Crippen molar-refractivity contribution in [2.45, 2.75) is 63.9 Å². The summed E-state index contributed by atoms with van der Waals surface area (Å²) in [6.07, 6.45) is 0.467.